The number of pyridine rings is 1. The van der Waals surface area contributed by atoms with Crippen molar-refractivity contribution in [3.63, 3.8) is 0 Å². The van der Waals surface area contributed by atoms with E-state index < -0.39 is 0 Å². The van der Waals surface area contributed by atoms with E-state index in [4.69, 9.17) is 49.3 Å². The number of aromatic nitrogens is 1. The maximum atomic E-state index is 6.45. The second kappa shape index (κ2) is 9.77. The molecule has 2 aromatic heterocycles. The molecule has 9 heteroatoms. The van der Waals surface area contributed by atoms with E-state index in [9.17, 15) is 0 Å². The van der Waals surface area contributed by atoms with Gasteiger partial charge in [0.25, 0.3) is 0 Å². The molecule has 1 aliphatic rings. The van der Waals surface area contributed by atoms with Crippen molar-refractivity contribution in [1.82, 2.24) is 10.3 Å². The zero-order chi connectivity index (χ0) is 24.5. The van der Waals surface area contributed by atoms with Gasteiger partial charge in [0.2, 0.25) is 0 Å². The van der Waals surface area contributed by atoms with E-state index in [1.54, 1.807) is 32.5 Å². The summed E-state index contributed by atoms with van der Waals surface area (Å²) in [6, 6.07) is 19.8. The van der Waals surface area contributed by atoms with Crippen LogP contribution in [0.4, 0.5) is 5.69 Å². The van der Waals surface area contributed by atoms with Crippen molar-refractivity contribution >= 4 is 46.2 Å². The molecule has 178 valence electrons. The lowest BCUT2D eigenvalue weighted by molar-refractivity contribution is 0.400. The second-order valence-electron chi connectivity index (χ2n) is 7.86. The van der Waals surface area contributed by atoms with Crippen LogP contribution in [-0.4, -0.2) is 24.3 Å². The molecule has 1 N–H and O–H groups in total. The molecular formula is C26H21Cl2N3O3S. The lowest BCUT2D eigenvalue weighted by Gasteiger charge is -2.27. The van der Waals surface area contributed by atoms with Crippen molar-refractivity contribution in [3.8, 4) is 22.8 Å². The van der Waals surface area contributed by atoms with E-state index in [0.717, 1.165) is 16.9 Å². The number of hydrogen-bond donors (Lipinski definition) is 1. The van der Waals surface area contributed by atoms with Gasteiger partial charge < -0.3 is 24.1 Å². The van der Waals surface area contributed by atoms with E-state index in [1.165, 1.54) is 0 Å². The normalized spacial score (nSPS) is 17.4. The molecule has 2 aromatic carbocycles. The number of anilines is 1. The Balaban J connectivity index is 1.65. The quantitative estimate of drug-likeness (QED) is 0.276. The van der Waals surface area contributed by atoms with Crippen LogP contribution in [-0.2, 0) is 0 Å². The average molecular weight is 526 g/mol. The summed E-state index contributed by atoms with van der Waals surface area (Å²) in [4.78, 5) is 6.56. The summed E-state index contributed by atoms with van der Waals surface area (Å²) in [6.07, 6.45) is 1.76. The molecule has 1 fully saturated rings. The van der Waals surface area contributed by atoms with Crippen LogP contribution in [0, 0.1) is 0 Å². The molecule has 2 atom stereocenters. The predicted molar refractivity (Wildman–Crippen MR) is 142 cm³/mol. The third-order valence-electron chi connectivity index (χ3n) is 5.86. The number of thiocarbonyl (C=S) groups is 1. The summed E-state index contributed by atoms with van der Waals surface area (Å²) in [5, 5.41) is 5.00. The molecule has 0 spiro atoms. The molecule has 0 amide bonds. The van der Waals surface area contributed by atoms with Crippen LogP contribution < -0.4 is 19.7 Å². The summed E-state index contributed by atoms with van der Waals surface area (Å²) < 4.78 is 17.5. The minimum absolute atomic E-state index is 0.278. The Bertz CT molecular complexity index is 1380. The number of furan rings is 1. The Kier molecular flexibility index (Phi) is 6.56. The van der Waals surface area contributed by atoms with E-state index in [0.29, 0.717) is 38.2 Å². The van der Waals surface area contributed by atoms with Crippen LogP contribution in [0.3, 0.4) is 0 Å². The highest BCUT2D eigenvalue weighted by atomic mass is 35.5. The predicted octanol–water partition coefficient (Wildman–Crippen LogP) is 6.84. The number of halogens is 2. The Hall–Kier alpha value is -3.26. The molecule has 0 saturated carbocycles. The first-order chi connectivity index (χ1) is 17.0. The first kappa shape index (κ1) is 23.5. The Morgan fingerprint density at radius 2 is 1.86 bits per heavy atom. The van der Waals surface area contributed by atoms with Gasteiger partial charge in [-0.3, -0.25) is 4.98 Å². The first-order valence-corrected chi connectivity index (χ1v) is 11.9. The molecular weight excluding hydrogens is 505 g/mol. The Labute approximate surface area is 218 Å². The number of ether oxygens (including phenoxy) is 2. The largest absolute Gasteiger partial charge is 0.497 e. The fourth-order valence-corrected chi connectivity index (χ4v) is 5.07. The molecule has 1 aliphatic heterocycles. The summed E-state index contributed by atoms with van der Waals surface area (Å²) in [6.45, 7) is 0. The van der Waals surface area contributed by atoms with Gasteiger partial charge in [-0.2, -0.15) is 0 Å². The SMILES string of the molecule is COc1ccc(OC)c(N2C(=S)N[C@H](c3ccccn3)[C@@H]2c2ccc(-c3ccc(Cl)cc3Cl)o2)c1. The lowest BCUT2D eigenvalue weighted by Crippen LogP contribution is -2.29. The van der Waals surface area contributed by atoms with Gasteiger partial charge in [-0.25, -0.2) is 0 Å². The molecule has 0 unspecified atom stereocenters. The zero-order valence-corrected chi connectivity index (χ0v) is 21.2. The van der Waals surface area contributed by atoms with E-state index >= 15 is 0 Å². The number of methoxy groups -OCH3 is 2. The molecule has 5 rings (SSSR count). The van der Waals surface area contributed by atoms with Gasteiger partial charge in [0.15, 0.2) is 5.11 Å². The van der Waals surface area contributed by atoms with Crippen molar-refractivity contribution in [2.75, 3.05) is 19.1 Å². The van der Waals surface area contributed by atoms with Crippen molar-refractivity contribution in [2.24, 2.45) is 0 Å². The smallest absolute Gasteiger partial charge is 0.174 e. The number of benzene rings is 2. The molecule has 0 radical (unpaired) electrons. The highest BCUT2D eigenvalue weighted by Crippen LogP contribution is 2.46. The Morgan fingerprint density at radius 3 is 2.57 bits per heavy atom. The van der Waals surface area contributed by atoms with Gasteiger partial charge in [-0.1, -0.05) is 29.3 Å². The minimum Gasteiger partial charge on any atom is -0.497 e. The van der Waals surface area contributed by atoms with E-state index in [-0.39, 0.29) is 12.1 Å². The van der Waals surface area contributed by atoms with Crippen LogP contribution in [0.25, 0.3) is 11.3 Å². The average Bonchev–Trinajstić information content (AvgIpc) is 3.48. The fourth-order valence-electron chi connectivity index (χ4n) is 4.23. The van der Waals surface area contributed by atoms with Crippen molar-refractivity contribution < 1.29 is 13.9 Å². The van der Waals surface area contributed by atoms with Gasteiger partial charge in [-0.15, -0.1) is 0 Å². The van der Waals surface area contributed by atoms with Crippen LogP contribution in [0.5, 0.6) is 11.5 Å². The fraction of sp³-hybridized carbons (Fsp3) is 0.154. The monoisotopic (exact) mass is 525 g/mol. The summed E-state index contributed by atoms with van der Waals surface area (Å²) >= 11 is 18.3. The van der Waals surface area contributed by atoms with Gasteiger partial charge in [0.05, 0.1) is 36.7 Å². The Morgan fingerprint density at radius 1 is 1.00 bits per heavy atom. The summed E-state index contributed by atoms with van der Waals surface area (Å²) in [5.41, 5.74) is 2.32. The third kappa shape index (κ3) is 4.43. The molecule has 1 saturated heterocycles. The minimum atomic E-state index is -0.363. The van der Waals surface area contributed by atoms with E-state index in [1.807, 2.05) is 59.5 Å². The van der Waals surface area contributed by atoms with Crippen molar-refractivity contribution in [3.05, 3.63) is 94.4 Å². The van der Waals surface area contributed by atoms with Gasteiger partial charge in [0, 0.05) is 22.8 Å². The molecule has 0 aliphatic carbocycles. The van der Waals surface area contributed by atoms with Crippen molar-refractivity contribution in [2.45, 2.75) is 12.1 Å². The molecule has 4 aromatic rings. The van der Waals surface area contributed by atoms with Gasteiger partial charge in [0.1, 0.15) is 29.1 Å². The maximum Gasteiger partial charge on any atom is 0.174 e. The van der Waals surface area contributed by atoms with Crippen LogP contribution in [0.1, 0.15) is 23.5 Å². The zero-order valence-electron chi connectivity index (χ0n) is 18.9. The standard InChI is InChI=1S/C26H21Cl2N3O3S/c1-32-16-7-9-22(33-2)20(14-16)31-25(24(30-26(31)35)19-5-3-4-12-29-19)23-11-10-21(34-23)17-8-6-15(27)13-18(17)28/h3-14,24-25H,1-2H3,(H,30,35)/t24-,25+/m1/s1. The van der Waals surface area contributed by atoms with Crippen LogP contribution >= 0.6 is 35.4 Å². The second-order valence-corrected chi connectivity index (χ2v) is 9.09. The number of rotatable bonds is 6. The van der Waals surface area contributed by atoms with Gasteiger partial charge >= 0.3 is 0 Å². The number of nitrogens with one attached hydrogen (secondary N) is 1. The van der Waals surface area contributed by atoms with Crippen molar-refractivity contribution in [1.29, 1.82) is 0 Å². The van der Waals surface area contributed by atoms with Crippen LogP contribution in [0.15, 0.2) is 77.3 Å². The molecule has 6 nitrogen and oxygen atoms in total. The van der Waals surface area contributed by atoms with Crippen LogP contribution in [0.2, 0.25) is 10.0 Å². The molecule has 0 bridgehead atoms. The maximum absolute atomic E-state index is 6.45. The summed E-state index contributed by atoms with van der Waals surface area (Å²) in [7, 11) is 3.24. The third-order valence-corrected chi connectivity index (χ3v) is 6.72. The first-order valence-electron chi connectivity index (χ1n) is 10.8. The highest BCUT2D eigenvalue weighted by molar-refractivity contribution is 7.80. The number of nitrogens with zero attached hydrogens (tertiary/aromatic N) is 2. The lowest BCUT2D eigenvalue weighted by atomic mass is 10.0. The molecule has 3 heterocycles. The molecule has 35 heavy (non-hydrogen) atoms. The topological polar surface area (TPSA) is 59.8 Å². The highest BCUT2D eigenvalue weighted by Gasteiger charge is 2.43. The van der Waals surface area contributed by atoms with Gasteiger partial charge in [-0.05, 0) is 66.8 Å². The number of hydrogen-bond acceptors (Lipinski definition) is 5. The summed E-state index contributed by atoms with van der Waals surface area (Å²) in [5.74, 6) is 2.63. The van der Waals surface area contributed by atoms with E-state index in [2.05, 4.69) is 10.3 Å².